The molecule has 1 aliphatic rings. The molecule has 5 atom stereocenters. The first-order valence-electron chi connectivity index (χ1n) is 9.55. The number of ether oxygens (including phenoxy) is 4. The van der Waals surface area contributed by atoms with E-state index in [2.05, 4.69) is 40.4 Å². The first-order valence-corrected chi connectivity index (χ1v) is 12.5. The standard InChI is InChI=1S/C20H40O6Si/c1-14(2)12-15(21)17-16(13-24-27(10,11)18(3,4)5)25-19(6,22-8)20(7,23-9)26-17/h15-17,21H,1,12-13H2,2-11H3/t15-,16+,17+,19-,20-/m1/s1. The van der Waals surface area contributed by atoms with Crippen molar-refractivity contribution in [2.24, 2.45) is 0 Å². The Morgan fingerprint density at radius 1 is 1.15 bits per heavy atom. The minimum absolute atomic E-state index is 0.0694. The first-order chi connectivity index (χ1) is 12.1. The normalized spacial score (nSPS) is 33.7. The van der Waals surface area contributed by atoms with Crippen molar-refractivity contribution in [2.75, 3.05) is 20.8 Å². The van der Waals surface area contributed by atoms with Crippen LogP contribution in [0.2, 0.25) is 18.1 Å². The lowest BCUT2D eigenvalue weighted by Gasteiger charge is -2.53. The van der Waals surface area contributed by atoms with E-state index in [4.69, 9.17) is 23.4 Å². The van der Waals surface area contributed by atoms with Gasteiger partial charge in [-0.25, -0.2) is 0 Å². The molecule has 0 aliphatic carbocycles. The Balaban J connectivity index is 3.12. The van der Waals surface area contributed by atoms with E-state index >= 15 is 0 Å². The van der Waals surface area contributed by atoms with E-state index in [1.807, 2.05) is 6.92 Å². The topological polar surface area (TPSA) is 66.4 Å². The third kappa shape index (κ3) is 5.41. The van der Waals surface area contributed by atoms with Gasteiger partial charge in [0.2, 0.25) is 11.6 Å². The summed E-state index contributed by atoms with van der Waals surface area (Å²) in [6.07, 6.45) is -1.50. The predicted octanol–water partition coefficient (Wildman–Crippen LogP) is 3.84. The van der Waals surface area contributed by atoms with Crippen molar-refractivity contribution >= 4 is 8.32 Å². The van der Waals surface area contributed by atoms with Gasteiger partial charge in [0, 0.05) is 14.2 Å². The lowest BCUT2D eigenvalue weighted by Crippen LogP contribution is -2.68. The monoisotopic (exact) mass is 404 g/mol. The van der Waals surface area contributed by atoms with E-state index in [9.17, 15) is 5.11 Å². The van der Waals surface area contributed by atoms with Crippen molar-refractivity contribution in [1.82, 2.24) is 0 Å². The van der Waals surface area contributed by atoms with Gasteiger partial charge in [-0.2, -0.15) is 0 Å². The number of aliphatic hydroxyl groups is 1. The minimum atomic E-state index is -1.99. The van der Waals surface area contributed by atoms with Crippen LogP contribution >= 0.6 is 0 Å². The van der Waals surface area contributed by atoms with Crippen LogP contribution in [-0.4, -0.2) is 64.1 Å². The highest BCUT2D eigenvalue weighted by Gasteiger charge is 2.58. The Bertz CT molecular complexity index is 517. The molecule has 0 spiro atoms. The fraction of sp³-hybridized carbons (Fsp3) is 0.900. The maximum Gasteiger partial charge on any atom is 0.220 e. The molecule has 0 aromatic carbocycles. The van der Waals surface area contributed by atoms with Crippen LogP contribution < -0.4 is 0 Å². The zero-order valence-corrected chi connectivity index (χ0v) is 19.8. The molecule has 0 bridgehead atoms. The third-order valence-corrected chi connectivity index (χ3v) is 10.6. The van der Waals surface area contributed by atoms with Crippen LogP contribution in [-0.2, 0) is 23.4 Å². The highest BCUT2D eigenvalue weighted by molar-refractivity contribution is 6.74. The van der Waals surface area contributed by atoms with Gasteiger partial charge in [0.25, 0.3) is 0 Å². The van der Waals surface area contributed by atoms with Gasteiger partial charge < -0.3 is 28.5 Å². The van der Waals surface area contributed by atoms with Crippen LogP contribution in [0, 0.1) is 0 Å². The maximum absolute atomic E-state index is 10.8. The molecular formula is C20H40O6Si. The summed E-state index contributed by atoms with van der Waals surface area (Å²) in [7, 11) is 1.10. The molecule has 7 heteroatoms. The van der Waals surface area contributed by atoms with Crippen molar-refractivity contribution in [3.05, 3.63) is 12.2 Å². The van der Waals surface area contributed by atoms with E-state index in [1.54, 1.807) is 21.0 Å². The highest BCUT2D eigenvalue weighted by Crippen LogP contribution is 2.42. The number of methoxy groups -OCH3 is 2. The summed E-state index contributed by atoms with van der Waals surface area (Å²) in [5, 5.41) is 10.8. The Labute approximate surface area is 166 Å². The summed E-state index contributed by atoms with van der Waals surface area (Å²) in [5.74, 6) is -2.31. The van der Waals surface area contributed by atoms with E-state index < -0.39 is 38.2 Å². The molecule has 1 saturated heterocycles. The van der Waals surface area contributed by atoms with Gasteiger partial charge in [-0.3, -0.25) is 0 Å². The van der Waals surface area contributed by atoms with E-state index in [1.165, 1.54) is 7.11 Å². The van der Waals surface area contributed by atoms with Crippen LogP contribution in [0.5, 0.6) is 0 Å². The smallest absolute Gasteiger partial charge is 0.220 e. The second-order valence-electron chi connectivity index (χ2n) is 9.34. The molecule has 0 aromatic heterocycles. The molecule has 160 valence electrons. The lowest BCUT2D eigenvalue weighted by molar-refractivity contribution is -0.455. The van der Waals surface area contributed by atoms with Crippen molar-refractivity contribution in [3.63, 3.8) is 0 Å². The van der Waals surface area contributed by atoms with Crippen LogP contribution in [0.1, 0.15) is 48.0 Å². The molecule has 1 fully saturated rings. The lowest BCUT2D eigenvalue weighted by atomic mass is 9.97. The number of hydrogen-bond donors (Lipinski definition) is 1. The third-order valence-electron chi connectivity index (χ3n) is 6.06. The molecule has 1 aliphatic heterocycles. The highest BCUT2D eigenvalue weighted by atomic mass is 28.4. The fourth-order valence-electron chi connectivity index (χ4n) is 2.81. The van der Waals surface area contributed by atoms with Crippen LogP contribution in [0.15, 0.2) is 12.2 Å². The van der Waals surface area contributed by atoms with Gasteiger partial charge >= 0.3 is 0 Å². The van der Waals surface area contributed by atoms with Crippen molar-refractivity contribution in [3.8, 4) is 0 Å². The first kappa shape index (κ1) is 24.8. The molecule has 1 heterocycles. The molecule has 27 heavy (non-hydrogen) atoms. The maximum atomic E-state index is 10.8. The number of aliphatic hydroxyl groups excluding tert-OH is 1. The van der Waals surface area contributed by atoms with Crippen LogP contribution in [0.3, 0.4) is 0 Å². The zero-order valence-electron chi connectivity index (χ0n) is 18.8. The number of hydrogen-bond acceptors (Lipinski definition) is 6. The van der Waals surface area contributed by atoms with Crippen LogP contribution in [0.4, 0.5) is 0 Å². The Morgan fingerprint density at radius 2 is 1.63 bits per heavy atom. The molecule has 0 radical (unpaired) electrons. The van der Waals surface area contributed by atoms with Gasteiger partial charge in [0.1, 0.15) is 12.2 Å². The summed E-state index contributed by atoms with van der Waals surface area (Å²) in [4.78, 5) is 0. The molecular weight excluding hydrogens is 364 g/mol. The van der Waals surface area contributed by atoms with E-state index in [-0.39, 0.29) is 5.04 Å². The van der Waals surface area contributed by atoms with Gasteiger partial charge in [0.15, 0.2) is 8.32 Å². The molecule has 1 rings (SSSR count). The van der Waals surface area contributed by atoms with E-state index in [0.717, 1.165) is 5.57 Å². The Hall–Kier alpha value is -0.283. The molecule has 0 saturated carbocycles. The summed E-state index contributed by atoms with van der Waals surface area (Å²) in [6.45, 7) is 20.5. The average Bonchev–Trinajstić information content (AvgIpc) is 2.53. The Kier molecular flexibility index (Phi) is 7.89. The second-order valence-corrected chi connectivity index (χ2v) is 14.1. The van der Waals surface area contributed by atoms with Crippen molar-refractivity contribution in [2.45, 2.75) is 96.0 Å². The molecule has 0 aromatic rings. The quantitative estimate of drug-likeness (QED) is 0.490. The fourth-order valence-corrected chi connectivity index (χ4v) is 3.82. The number of rotatable bonds is 8. The van der Waals surface area contributed by atoms with Gasteiger partial charge in [0.05, 0.1) is 12.7 Å². The summed E-state index contributed by atoms with van der Waals surface area (Å²) in [5.41, 5.74) is 0.870. The molecule has 6 nitrogen and oxygen atoms in total. The van der Waals surface area contributed by atoms with Crippen molar-refractivity contribution in [1.29, 1.82) is 0 Å². The second kappa shape index (κ2) is 8.61. The summed E-state index contributed by atoms with van der Waals surface area (Å²) >= 11 is 0. The van der Waals surface area contributed by atoms with E-state index in [0.29, 0.717) is 13.0 Å². The minimum Gasteiger partial charge on any atom is -0.414 e. The molecule has 0 amide bonds. The Morgan fingerprint density at radius 3 is 2.04 bits per heavy atom. The molecule has 1 N–H and O–H groups in total. The largest absolute Gasteiger partial charge is 0.414 e. The molecule has 0 unspecified atom stereocenters. The van der Waals surface area contributed by atoms with Gasteiger partial charge in [-0.05, 0) is 45.3 Å². The van der Waals surface area contributed by atoms with Crippen LogP contribution in [0.25, 0.3) is 0 Å². The van der Waals surface area contributed by atoms with Crippen molar-refractivity contribution < 1.29 is 28.5 Å². The zero-order chi connectivity index (χ0) is 21.3. The van der Waals surface area contributed by atoms with Gasteiger partial charge in [-0.1, -0.05) is 26.3 Å². The van der Waals surface area contributed by atoms with Gasteiger partial charge in [-0.15, -0.1) is 6.58 Å². The summed E-state index contributed by atoms with van der Waals surface area (Å²) < 4.78 is 30.1. The summed E-state index contributed by atoms with van der Waals surface area (Å²) in [6, 6.07) is 0. The average molecular weight is 405 g/mol. The predicted molar refractivity (Wildman–Crippen MR) is 109 cm³/mol. The SMILES string of the molecule is C=C(C)C[C@@H](O)[C@@H]1O[C@@](C)(OC)[C@](C)(OC)O[C@H]1CO[Si](C)(C)C(C)(C)C.